The second kappa shape index (κ2) is 4.45. The molecule has 8 heteroatoms. The fourth-order valence-corrected chi connectivity index (χ4v) is 2.13. The van der Waals surface area contributed by atoms with Gasteiger partial charge in [0.2, 0.25) is 5.88 Å². The highest BCUT2D eigenvalue weighted by Gasteiger charge is 2.27. The summed E-state index contributed by atoms with van der Waals surface area (Å²) >= 11 is 0. The minimum atomic E-state index is -4.45. The van der Waals surface area contributed by atoms with E-state index in [1.165, 1.54) is 25.5 Å². The van der Waals surface area contributed by atoms with E-state index in [4.69, 9.17) is 14.9 Å². The topological polar surface area (TPSA) is 119 Å². The first kappa shape index (κ1) is 12.6. The maximum Gasteiger partial charge on any atom is 0.360 e. The van der Waals surface area contributed by atoms with Crippen molar-refractivity contribution in [3.05, 3.63) is 24.5 Å². The van der Waals surface area contributed by atoms with Gasteiger partial charge >= 0.3 is 7.60 Å². The van der Waals surface area contributed by atoms with Gasteiger partial charge in [-0.25, -0.2) is 4.98 Å². The Morgan fingerprint density at radius 2 is 2.11 bits per heavy atom. The van der Waals surface area contributed by atoms with Crippen LogP contribution in [-0.4, -0.2) is 21.9 Å². The number of nitrogen functional groups attached to an aromatic ring is 1. The fraction of sp³-hybridized carbons (Fsp3) is 0.100. The summed E-state index contributed by atoms with van der Waals surface area (Å²) in [5, 5.41) is -0.255. The molecule has 0 radical (unpaired) electrons. The second-order valence-corrected chi connectivity index (χ2v) is 5.04. The molecule has 18 heavy (non-hydrogen) atoms. The van der Waals surface area contributed by atoms with E-state index in [0.717, 1.165) is 0 Å². The third-order valence-electron chi connectivity index (χ3n) is 2.28. The van der Waals surface area contributed by atoms with Crippen LogP contribution >= 0.6 is 7.60 Å². The molecule has 2 aromatic heterocycles. The summed E-state index contributed by atoms with van der Waals surface area (Å²) in [6, 6.07) is 4.25. The number of nitrogens with two attached hydrogens (primary N) is 1. The molecule has 4 N–H and O–H groups in total. The van der Waals surface area contributed by atoms with Gasteiger partial charge in [0.05, 0.1) is 19.1 Å². The molecule has 0 aliphatic heterocycles. The molecule has 0 amide bonds. The van der Waals surface area contributed by atoms with Gasteiger partial charge in [-0.3, -0.25) is 4.57 Å². The zero-order valence-corrected chi connectivity index (χ0v) is 10.3. The van der Waals surface area contributed by atoms with Gasteiger partial charge in [-0.2, -0.15) is 0 Å². The van der Waals surface area contributed by atoms with Crippen molar-refractivity contribution in [1.29, 1.82) is 0 Å². The van der Waals surface area contributed by atoms with E-state index in [-0.39, 0.29) is 28.3 Å². The second-order valence-electron chi connectivity index (χ2n) is 3.47. The van der Waals surface area contributed by atoms with Crippen molar-refractivity contribution in [3.8, 4) is 17.3 Å². The average molecular weight is 270 g/mol. The Morgan fingerprint density at radius 3 is 2.72 bits per heavy atom. The van der Waals surface area contributed by atoms with Crippen molar-refractivity contribution < 1.29 is 23.5 Å². The molecule has 0 fully saturated rings. The van der Waals surface area contributed by atoms with E-state index < -0.39 is 7.60 Å². The number of anilines is 1. The Labute approximate surface area is 102 Å². The monoisotopic (exact) mass is 270 g/mol. The number of ether oxygens (including phenoxy) is 1. The third-order valence-corrected chi connectivity index (χ3v) is 3.26. The zero-order chi connectivity index (χ0) is 13.3. The van der Waals surface area contributed by atoms with Crippen LogP contribution in [-0.2, 0) is 4.57 Å². The molecule has 0 unspecified atom stereocenters. The maximum absolute atomic E-state index is 11.3. The van der Waals surface area contributed by atoms with Crippen LogP contribution in [0.5, 0.6) is 5.88 Å². The quantitative estimate of drug-likeness (QED) is 0.703. The fourth-order valence-electron chi connectivity index (χ4n) is 1.46. The Kier molecular flexibility index (Phi) is 3.13. The lowest BCUT2D eigenvalue weighted by Crippen LogP contribution is -2.06. The first-order chi connectivity index (χ1) is 8.43. The largest absolute Gasteiger partial charge is 0.481 e. The van der Waals surface area contributed by atoms with Gasteiger partial charge in [0.25, 0.3) is 0 Å². The molecule has 0 aliphatic carbocycles. The summed E-state index contributed by atoms with van der Waals surface area (Å²) in [6.07, 6.45) is 1.17. The van der Waals surface area contributed by atoms with E-state index in [1.807, 2.05) is 0 Å². The lowest BCUT2D eigenvalue weighted by Gasteiger charge is -2.07. The minimum absolute atomic E-state index is 0.0558. The number of pyridine rings is 1. The van der Waals surface area contributed by atoms with Gasteiger partial charge in [0.15, 0.2) is 5.76 Å². The number of methoxy groups -OCH3 is 1. The van der Waals surface area contributed by atoms with Gasteiger partial charge in [0, 0.05) is 6.07 Å². The number of hydrogen-bond acceptors (Lipinski definition) is 5. The standard InChI is InChI=1S/C10H11N2O5P/c1-16-8-3-2-6(11)9(12-8)10-7(4-5-17-10)18(13,14)15/h2-5H,11H2,1H3,(H2,13,14,15). The molecule has 0 saturated heterocycles. The van der Waals surface area contributed by atoms with Crippen LogP contribution in [0.2, 0.25) is 0 Å². The number of aromatic nitrogens is 1. The predicted molar refractivity (Wildman–Crippen MR) is 64.6 cm³/mol. The van der Waals surface area contributed by atoms with Crippen molar-refractivity contribution in [2.24, 2.45) is 0 Å². The van der Waals surface area contributed by atoms with Crippen LogP contribution in [0.1, 0.15) is 0 Å². The molecule has 2 aromatic rings. The molecule has 0 aliphatic rings. The van der Waals surface area contributed by atoms with Crippen LogP contribution in [0.15, 0.2) is 28.9 Å². The van der Waals surface area contributed by atoms with Gasteiger partial charge < -0.3 is 24.7 Å². The Bertz CT molecular complexity index is 618. The Hall–Kier alpha value is -1.82. The third kappa shape index (κ3) is 2.24. The van der Waals surface area contributed by atoms with E-state index in [2.05, 4.69) is 4.98 Å². The van der Waals surface area contributed by atoms with Crippen molar-refractivity contribution in [2.75, 3.05) is 12.8 Å². The summed E-state index contributed by atoms with van der Waals surface area (Å²) in [7, 11) is -3.02. The minimum Gasteiger partial charge on any atom is -0.481 e. The van der Waals surface area contributed by atoms with Crippen LogP contribution in [0.25, 0.3) is 11.5 Å². The summed E-state index contributed by atoms with van der Waals surface area (Å²) < 4.78 is 21.3. The Balaban J connectivity index is 2.63. The zero-order valence-electron chi connectivity index (χ0n) is 9.40. The number of hydrogen-bond donors (Lipinski definition) is 3. The highest BCUT2D eigenvalue weighted by atomic mass is 31.2. The molecule has 0 aromatic carbocycles. The molecule has 0 bridgehead atoms. The highest BCUT2D eigenvalue weighted by molar-refractivity contribution is 7.60. The summed E-state index contributed by atoms with van der Waals surface area (Å²) in [6.45, 7) is 0. The Morgan fingerprint density at radius 1 is 1.39 bits per heavy atom. The van der Waals surface area contributed by atoms with Crippen LogP contribution in [0.4, 0.5) is 5.69 Å². The van der Waals surface area contributed by atoms with E-state index in [1.54, 1.807) is 6.07 Å². The van der Waals surface area contributed by atoms with Gasteiger partial charge in [-0.15, -0.1) is 0 Å². The smallest absolute Gasteiger partial charge is 0.360 e. The van der Waals surface area contributed by atoms with Crippen molar-refractivity contribution in [1.82, 2.24) is 4.98 Å². The van der Waals surface area contributed by atoms with Gasteiger partial charge in [0.1, 0.15) is 11.0 Å². The molecule has 7 nitrogen and oxygen atoms in total. The molecule has 0 atom stereocenters. The summed E-state index contributed by atoms with van der Waals surface area (Å²) in [5.41, 5.74) is 6.09. The van der Waals surface area contributed by atoms with Crippen molar-refractivity contribution >= 4 is 18.6 Å². The molecule has 2 heterocycles. The van der Waals surface area contributed by atoms with Crippen LogP contribution in [0.3, 0.4) is 0 Å². The number of nitrogens with zero attached hydrogens (tertiary/aromatic N) is 1. The van der Waals surface area contributed by atoms with Crippen molar-refractivity contribution in [3.63, 3.8) is 0 Å². The summed E-state index contributed by atoms with van der Waals surface area (Å²) in [4.78, 5) is 22.4. The van der Waals surface area contributed by atoms with E-state index in [0.29, 0.717) is 0 Å². The highest BCUT2D eigenvalue weighted by Crippen LogP contribution is 2.39. The SMILES string of the molecule is COc1ccc(N)c(-c2occc2P(=O)(O)O)n1. The van der Waals surface area contributed by atoms with Crippen molar-refractivity contribution in [2.45, 2.75) is 0 Å². The van der Waals surface area contributed by atoms with E-state index >= 15 is 0 Å². The summed E-state index contributed by atoms with van der Waals surface area (Å²) in [5.74, 6) is 0.215. The molecular formula is C10H11N2O5P. The maximum atomic E-state index is 11.3. The van der Waals surface area contributed by atoms with E-state index in [9.17, 15) is 14.4 Å². The first-order valence-corrected chi connectivity index (χ1v) is 6.49. The molecule has 0 saturated carbocycles. The van der Waals surface area contributed by atoms with Gasteiger partial charge in [-0.05, 0) is 12.1 Å². The molecular weight excluding hydrogens is 259 g/mol. The molecule has 2 rings (SSSR count). The van der Waals surface area contributed by atoms with Crippen LogP contribution in [0, 0.1) is 0 Å². The molecule has 96 valence electrons. The predicted octanol–water partition coefficient (Wildman–Crippen LogP) is 0.735. The first-order valence-electron chi connectivity index (χ1n) is 4.88. The average Bonchev–Trinajstić information content (AvgIpc) is 2.78. The van der Waals surface area contributed by atoms with Crippen LogP contribution < -0.4 is 15.8 Å². The normalized spacial score (nSPS) is 11.5. The lowest BCUT2D eigenvalue weighted by atomic mass is 10.2. The number of furan rings is 1. The van der Waals surface area contributed by atoms with Gasteiger partial charge in [-0.1, -0.05) is 0 Å². The lowest BCUT2D eigenvalue weighted by molar-refractivity contribution is 0.387. The number of rotatable bonds is 3. The molecule has 0 spiro atoms.